The monoisotopic (exact) mass is 218 g/mol. The predicted octanol–water partition coefficient (Wildman–Crippen LogP) is 1.09. The smallest absolute Gasteiger partial charge is 0.330 e. The lowest BCUT2D eigenvalue weighted by Gasteiger charge is -2.28. The Hall–Kier alpha value is -0.910. The lowest BCUT2D eigenvalue weighted by atomic mass is 10.3. The maximum absolute atomic E-state index is 10.7. The van der Waals surface area contributed by atoms with E-state index < -0.39 is 11.9 Å². The van der Waals surface area contributed by atoms with Crippen molar-refractivity contribution in [3.05, 3.63) is 12.7 Å². The third kappa shape index (κ3) is 4.92. The molecule has 0 saturated carbocycles. The summed E-state index contributed by atoms with van der Waals surface area (Å²) in [6, 6.07) is 0. The van der Waals surface area contributed by atoms with Gasteiger partial charge in [0.1, 0.15) is 0 Å². The summed E-state index contributed by atoms with van der Waals surface area (Å²) < 4.78 is 20.0. The van der Waals surface area contributed by atoms with Gasteiger partial charge < -0.3 is 18.9 Å². The summed E-state index contributed by atoms with van der Waals surface area (Å²) >= 11 is 0. The van der Waals surface area contributed by atoms with Gasteiger partial charge in [0.25, 0.3) is 5.97 Å². The normalized spacial score (nSPS) is 11.1. The minimum Gasteiger partial charge on any atom is -0.463 e. The molecule has 5 heteroatoms. The van der Waals surface area contributed by atoms with E-state index in [0.717, 1.165) is 6.08 Å². The van der Waals surface area contributed by atoms with Crippen LogP contribution in [0, 0.1) is 0 Å². The van der Waals surface area contributed by atoms with Gasteiger partial charge in [0, 0.05) is 33.8 Å². The zero-order chi connectivity index (χ0) is 11.7. The van der Waals surface area contributed by atoms with E-state index >= 15 is 0 Å². The van der Waals surface area contributed by atoms with E-state index in [2.05, 4.69) is 6.58 Å². The fraction of sp³-hybridized carbons (Fsp3) is 0.700. The Labute approximate surface area is 89.9 Å². The van der Waals surface area contributed by atoms with Crippen molar-refractivity contribution >= 4 is 5.97 Å². The molecule has 0 aromatic heterocycles. The minimum atomic E-state index is -1.05. The molecule has 0 fully saturated rings. The molecule has 0 bridgehead atoms. The summed E-state index contributed by atoms with van der Waals surface area (Å²) in [4.78, 5) is 10.7. The van der Waals surface area contributed by atoms with Crippen molar-refractivity contribution < 1.29 is 23.7 Å². The molecule has 0 aromatic rings. The lowest BCUT2D eigenvalue weighted by molar-refractivity contribution is -0.355. The molecule has 0 aromatic carbocycles. The second-order valence-electron chi connectivity index (χ2n) is 2.77. The fourth-order valence-corrected chi connectivity index (χ4v) is 1.08. The summed E-state index contributed by atoms with van der Waals surface area (Å²) in [7, 11) is 4.47. The Balaban J connectivity index is 3.81. The molecule has 0 aliphatic carbocycles. The van der Waals surface area contributed by atoms with Crippen LogP contribution in [0.5, 0.6) is 0 Å². The Morgan fingerprint density at radius 1 is 1.27 bits per heavy atom. The molecule has 0 spiro atoms. The van der Waals surface area contributed by atoms with Crippen LogP contribution in [0.3, 0.4) is 0 Å². The van der Waals surface area contributed by atoms with Crippen molar-refractivity contribution in [3.63, 3.8) is 0 Å². The molecule has 15 heavy (non-hydrogen) atoms. The van der Waals surface area contributed by atoms with Crippen LogP contribution in [0.1, 0.15) is 12.8 Å². The first kappa shape index (κ1) is 14.1. The van der Waals surface area contributed by atoms with Crippen LogP contribution in [0.2, 0.25) is 0 Å². The highest BCUT2D eigenvalue weighted by atomic mass is 16.9. The fourth-order valence-electron chi connectivity index (χ4n) is 1.08. The van der Waals surface area contributed by atoms with Crippen LogP contribution < -0.4 is 0 Å². The molecule has 88 valence electrons. The van der Waals surface area contributed by atoms with Crippen molar-refractivity contribution in [2.75, 3.05) is 27.9 Å². The number of carbonyl (C=O) groups is 1. The van der Waals surface area contributed by atoms with Gasteiger partial charge >= 0.3 is 5.97 Å². The zero-order valence-corrected chi connectivity index (χ0v) is 9.45. The van der Waals surface area contributed by atoms with Crippen LogP contribution in [0.4, 0.5) is 0 Å². The van der Waals surface area contributed by atoms with Crippen molar-refractivity contribution in [2.24, 2.45) is 0 Å². The minimum absolute atomic E-state index is 0.280. The van der Waals surface area contributed by atoms with Crippen molar-refractivity contribution in [1.29, 1.82) is 0 Å². The number of hydrogen-bond donors (Lipinski definition) is 0. The standard InChI is InChI=1S/C10H18O5/c1-5-9(11)15-8-6-7-10(12-2,13-3)14-4/h5H,1,6-8H2,2-4H3. The molecule has 0 saturated heterocycles. The van der Waals surface area contributed by atoms with Gasteiger partial charge in [-0.2, -0.15) is 0 Å². The molecule has 0 radical (unpaired) electrons. The average molecular weight is 218 g/mol. The lowest BCUT2D eigenvalue weighted by Crippen LogP contribution is -2.36. The van der Waals surface area contributed by atoms with E-state index in [1.807, 2.05) is 0 Å². The van der Waals surface area contributed by atoms with E-state index in [-0.39, 0.29) is 6.61 Å². The van der Waals surface area contributed by atoms with Crippen LogP contribution in [-0.4, -0.2) is 39.9 Å². The largest absolute Gasteiger partial charge is 0.463 e. The van der Waals surface area contributed by atoms with Gasteiger partial charge in [-0.1, -0.05) is 6.58 Å². The summed E-state index contributed by atoms with van der Waals surface area (Å²) in [6.07, 6.45) is 2.17. The van der Waals surface area contributed by atoms with E-state index in [4.69, 9.17) is 18.9 Å². The molecule has 0 N–H and O–H groups in total. The number of ether oxygens (including phenoxy) is 4. The van der Waals surface area contributed by atoms with Crippen LogP contribution in [-0.2, 0) is 23.7 Å². The molecule has 5 nitrogen and oxygen atoms in total. The SMILES string of the molecule is C=CC(=O)OCCCC(OC)(OC)OC. The Kier molecular flexibility index (Phi) is 6.94. The summed E-state index contributed by atoms with van der Waals surface area (Å²) in [5.74, 6) is -1.49. The van der Waals surface area contributed by atoms with Gasteiger partial charge in [-0.25, -0.2) is 4.79 Å². The number of methoxy groups -OCH3 is 3. The third-order valence-electron chi connectivity index (χ3n) is 1.97. The number of rotatable bonds is 8. The Morgan fingerprint density at radius 3 is 2.20 bits per heavy atom. The maximum Gasteiger partial charge on any atom is 0.330 e. The quantitative estimate of drug-likeness (QED) is 0.264. The van der Waals surface area contributed by atoms with Crippen LogP contribution in [0.15, 0.2) is 12.7 Å². The van der Waals surface area contributed by atoms with Crippen LogP contribution >= 0.6 is 0 Å². The molecule has 0 rings (SSSR count). The summed E-state index contributed by atoms with van der Waals surface area (Å²) in [6.45, 7) is 3.57. The molecular weight excluding hydrogens is 200 g/mol. The highest BCUT2D eigenvalue weighted by Gasteiger charge is 2.28. The average Bonchev–Trinajstić information content (AvgIpc) is 2.30. The first-order valence-corrected chi connectivity index (χ1v) is 4.58. The number of carbonyl (C=O) groups excluding carboxylic acids is 1. The Morgan fingerprint density at radius 2 is 1.80 bits per heavy atom. The van der Waals surface area contributed by atoms with Crippen molar-refractivity contribution in [2.45, 2.75) is 18.8 Å². The second-order valence-corrected chi connectivity index (χ2v) is 2.77. The first-order chi connectivity index (χ1) is 7.14. The second kappa shape index (κ2) is 7.39. The molecule has 0 heterocycles. The molecule has 0 aliphatic rings. The molecule has 0 atom stereocenters. The predicted molar refractivity (Wildman–Crippen MR) is 54.1 cm³/mol. The van der Waals surface area contributed by atoms with Crippen molar-refractivity contribution in [1.82, 2.24) is 0 Å². The molecule has 0 unspecified atom stereocenters. The molecule has 0 aliphatic heterocycles. The van der Waals surface area contributed by atoms with E-state index in [1.165, 1.54) is 21.3 Å². The van der Waals surface area contributed by atoms with Gasteiger partial charge in [-0.05, 0) is 6.42 Å². The molecule has 0 amide bonds. The van der Waals surface area contributed by atoms with Gasteiger partial charge in [-0.15, -0.1) is 0 Å². The van der Waals surface area contributed by atoms with Gasteiger partial charge in [-0.3, -0.25) is 0 Å². The highest BCUT2D eigenvalue weighted by molar-refractivity contribution is 5.81. The topological polar surface area (TPSA) is 54.0 Å². The first-order valence-electron chi connectivity index (χ1n) is 4.58. The van der Waals surface area contributed by atoms with E-state index in [1.54, 1.807) is 0 Å². The highest BCUT2D eigenvalue weighted by Crippen LogP contribution is 2.18. The Bertz CT molecular complexity index is 190. The third-order valence-corrected chi connectivity index (χ3v) is 1.97. The number of hydrogen-bond acceptors (Lipinski definition) is 5. The maximum atomic E-state index is 10.7. The van der Waals surface area contributed by atoms with Gasteiger partial charge in [0.2, 0.25) is 0 Å². The van der Waals surface area contributed by atoms with Crippen molar-refractivity contribution in [3.8, 4) is 0 Å². The van der Waals surface area contributed by atoms with Crippen LogP contribution in [0.25, 0.3) is 0 Å². The van der Waals surface area contributed by atoms with Gasteiger partial charge in [0.15, 0.2) is 0 Å². The van der Waals surface area contributed by atoms with E-state index in [9.17, 15) is 4.79 Å². The number of esters is 1. The van der Waals surface area contributed by atoms with E-state index in [0.29, 0.717) is 12.8 Å². The zero-order valence-electron chi connectivity index (χ0n) is 9.45. The summed E-state index contributed by atoms with van der Waals surface area (Å²) in [5, 5.41) is 0. The summed E-state index contributed by atoms with van der Waals surface area (Å²) in [5.41, 5.74) is 0. The molecular formula is C10H18O5. The van der Waals surface area contributed by atoms with Gasteiger partial charge in [0.05, 0.1) is 6.61 Å².